The molecule has 1 heteroatoms. The van der Waals surface area contributed by atoms with E-state index in [0.29, 0.717) is 0 Å². The fraction of sp³-hybridized carbons (Fsp3) is 1.00. The molecule has 0 heterocycles. The summed E-state index contributed by atoms with van der Waals surface area (Å²) in [5.74, 6) is 0.912. The van der Waals surface area contributed by atoms with E-state index in [9.17, 15) is 0 Å². The average molecular weight is 185 g/mol. The molecule has 1 N–H and O–H groups in total. The Balaban J connectivity index is 3.18. The molecular weight excluding hydrogens is 158 g/mol. The Kier molecular flexibility index (Phi) is 6.40. The number of hydrogen-bond acceptors (Lipinski definition) is 1. The normalized spacial score (nSPS) is 14.5. The van der Waals surface area contributed by atoms with Crippen molar-refractivity contribution < 1.29 is 0 Å². The Morgan fingerprint density at radius 1 is 1.15 bits per heavy atom. The van der Waals surface area contributed by atoms with Gasteiger partial charge in [-0.2, -0.15) is 0 Å². The van der Waals surface area contributed by atoms with Crippen LogP contribution in [0.4, 0.5) is 0 Å². The van der Waals surface area contributed by atoms with Crippen molar-refractivity contribution in [3.63, 3.8) is 0 Å². The van der Waals surface area contributed by atoms with E-state index >= 15 is 0 Å². The Morgan fingerprint density at radius 2 is 1.77 bits per heavy atom. The van der Waals surface area contributed by atoms with Crippen LogP contribution in [-0.4, -0.2) is 12.1 Å². The molecule has 0 radical (unpaired) electrons. The molecule has 0 bridgehead atoms. The Labute approximate surface area is 84.3 Å². The van der Waals surface area contributed by atoms with Crippen LogP contribution in [-0.2, 0) is 0 Å². The van der Waals surface area contributed by atoms with Crippen LogP contribution < -0.4 is 5.32 Å². The molecule has 0 aliphatic rings. The first kappa shape index (κ1) is 13.0. The van der Waals surface area contributed by atoms with Gasteiger partial charge in [-0.15, -0.1) is 0 Å². The second-order valence-electron chi connectivity index (χ2n) is 5.19. The Hall–Kier alpha value is -0.0400. The summed E-state index contributed by atoms with van der Waals surface area (Å²) < 4.78 is 0. The SMILES string of the molecule is CCC(C)CCCCNC(C)(C)C. The van der Waals surface area contributed by atoms with E-state index < -0.39 is 0 Å². The molecule has 1 nitrogen and oxygen atoms in total. The average Bonchev–Trinajstić information content (AvgIpc) is 2.01. The maximum atomic E-state index is 3.51. The van der Waals surface area contributed by atoms with Crippen LogP contribution in [0.5, 0.6) is 0 Å². The van der Waals surface area contributed by atoms with Crippen molar-refractivity contribution >= 4 is 0 Å². The van der Waals surface area contributed by atoms with Gasteiger partial charge in [0.2, 0.25) is 0 Å². The van der Waals surface area contributed by atoms with Crippen molar-refractivity contribution in [2.75, 3.05) is 6.54 Å². The van der Waals surface area contributed by atoms with E-state index in [1.807, 2.05) is 0 Å². The smallest absolute Gasteiger partial charge is 0.00965 e. The predicted octanol–water partition coefficient (Wildman–Crippen LogP) is 3.59. The van der Waals surface area contributed by atoms with Gasteiger partial charge in [-0.25, -0.2) is 0 Å². The standard InChI is InChI=1S/C12H27N/c1-6-11(2)9-7-8-10-13-12(3,4)5/h11,13H,6-10H2,1-5H3. The number of nitrogens with one attached hydrogen (secondary N) is 1. The van der Waals surface area contributed by atoms with Crippen molar-refractivity contribution in [2.24, 2.45) is 5.92 Å². The van der Waals surface area contributed by atoms with Gasteiger partial charge in [0.15, 0.2) is 0 Å². The third-order valence-electron chi connectivity index (χ3n) is 2.48. The monoisotopic (exact) mass is 185 g/mol. The molecule has 1 atom stereocenters. The summed E-state index contributed by atoms with van der Waals surface area (Å²) in [4.78, 5) is 0. The van der Waals surface area contributed by atoms with Crippen molar-refractivity contribution in [2.45, 2.75) is 65.8 Å². The maximum absolute atomic E-state index is 3.51. The third-order valence-corrected chi connectivity index (χ3v) is 2.48. The van der Waals surface area contributed by atoms with Crippen molar-refractivity contribution in [3.8, 4) is 0 Å². The lowest BCUT2D eigenvalue weighted by Gasteiger charge is -2.20. The van der Waals surface area contributed by atoms with Crippen molar-refractivity contribution in [3.05, 3.63) is 0 Å². The predicted molar refractivity (Wildman–Crippen MR) is 61.1 cm³/mol. The van der Waals surface area contributed by atoms with E-state index in [0.717, 1.165) is 5.92 Å². The highest BCUT2D eigenvalue weighted by molar-refractivity contribution is 4.69. The summed E-state index contributed by atoms with van der Waals surface area (Å²) in [6, 6.07) is 0. The first-order chi connectivity index (χ1) is 5.95. The van der Waals surface area contributed by atoms with Crippen molar-refractivity contribution in [1.82, 2.24) is 5.32 Å². The molecule has 0 spiro atoms. The third kappa shape index (κ3) is 9.88. The van der Waals surface area contributed by atoms with E-state index in [1.165, 1.54) is 32.2 Å². The van der Waals surface area contributed by atoms with Gasteiger partial charge in [0.25, 0.3) is 0 Å². The minimum absolute atomic E-state index is 0.288. The maximum Gasteiger partial charge on any atom is 0.00965 e. The summed E-state index contributed by atoms with van der Waals surface area (Å²) in [5.41, 5.74) is 0.288. The fourth-order valence-corrected chi connectivity index (χ4v) is 1.29. The number of unbranched alkanes of at least 4 members (excludes halogenated alkanes) is 1. The molecule has 0 aromatic rings. The Bertz CT molecular complexity index is 113. The van der Waals surface area contributed by atoms with Gasteiger partial charge < -0.3 is 5.32 Å². The summed E-state index contributed by atoms with van der Waals surface area (Å²) in [6.07, 6.45) is 5.41. The van der Waals surface area contributed by atoms with Crippen LogP contribution in [0.1, 0.15) is 60.3 Å². The van der Waals surface area contributed by atoms with E-state index in [4.69, 9.17) is 0 Å². The van der Waals surface area contributed by atoms with Crippen molar-refractivity contribution in [1.29, 1.82) is 0 Å². The summed E-state index contributed by atoms with van der Waals surface area (Å²) in [7, 11) is 0. The van der Waals surface area contributed by atoms with Gasteiger partial charge in [0.1, 0.15) is 0 Å². The van der Waals surface area contributed by atoms with E-state index in [-0.39, 0.29) is 5.54 Å². The molecular formula is C12H27N. The van der Waals surface area contributed by atoms with Gasteiger partial charge in [-0.05, 0) is 39.7 Å². The summed E-state index contributed by atoms with van der Waals surface area (Å²) >= 11 is 0. The second-order valence-corrected chi connectivity index (χ2v) is 5.19. The fourth-order valence-electron chi connectivity index (χ4n) is 1.29. The van der Waals surface area contributed by atoms with Crippen LogP contribution in [0.3, 0.4) is 0 Å². The van der Waals surface area contributed by atoms with Gasteiger partial charge in [0.05, 0.1) is 0 Å². The van der Waals surface area contributed by atoms with Crippen LogP contribution >= 0.6 is 0 Å². The molecule has 0 saturated heterocycles. The lowest BCUT2D eigenvalue weighted by atomic mass is 10.0. The number of rotatable bonds is 6. The van der Waals surface area contributed by atoms with Gasteiger partial charge in [-0.3, -0.25) is 0 Å². The van der Waals surface area contributed by atoms with Crippen LogP contribution in [0, 0.1) is 5.92 Å². The first-order valence-electron chi connectivity index (χ1n) is 5.70. The lowest BCUT2D eigenvalue weighted by Crippen LogP contribution is -2.36. The van der Waals surface area contributed by atoms with E-state index in [2.05, 4.69) is 39.9 Å². The molecule has 0 amide bonds. The first-order valence-corrected chi connectivity index (χ1v) is 5.70. The zero-order chi connectivity index (χ0) is 10.3. The van der Waals surface area contributed by atoms with Gasteiger partial charge in [-0.1, -0.05) is 33.1 Å². The largest absolute Gasteiger partial charge is 0.312 e. The minimum Gasteiger partial charge on any atom is -0.312 e. The molecule has 80 valence electrons. The van der Waals surface area contributed by atoms with E-state index in [1.54, 1.807) is 0 Å². The zero-order valence-corrected chi connectivity index (χ0v) is 10.1. The molecule has 0 aliphatic heterocycles. The topological polar surface area (TPSA) is 12.0 Å². The second kappa shape index (κ2) is 6.42. The number of hydrogen-bond donors (Lipinski definition) is 1. The quantitative estimate of drug-likeness (QED) is 0.624. The van der Waals surface area contributed by atoms with Gasteiger partial charge in [0, 0.05) is 5.54 Å². The van der Waals surface area contributed by atoms with Gasteiger partial charge >= 0.3 is 0 Å². The molecule has 0 rings (SSSR count). The highest BCUT2D eigenvalue weighted by atomic mass is 14.9. The highest BCUT2D eigenvalue weighted by Crippen LogP contribution is 2.10. The zero-order valence-electron chi connectivity index (χ0n) is 10.1. The minimum atomic E-state index is 0.288. The molecule has 13 heavy (non-hydrogen) atoms. The summed E-state index contributed by atoms with van der Waals surface area (Å²) in [5, 5.41) is 3.51. The van der Waals surface area contributed by atoms with Crippen LogP contribution in [0.2, 0.25) is 0 Å². The molecule has 0 saturated carbocycles. The molecule has 0 fully saturated rings. The highest BCUT2D eigenvalue weighted by Gasteiger charge is 2.07. The van der Waals surface area contributed by atoms with Crippen LogP contribution in [0.25, 0.3) is 0 Å². The summed E-state index contributed by atoms with van der Waals surface area (Å²) in [6.45, 7) is 12.5. The molecule has 1 unspecified atom stereocenters. The Morgan fingerprint density at radius 3 is 2.23 bits per heavy atom. The molecule has 0 aromatic heterocycles. The lowest BCUT2D eigenvalue weighted by molar-refractivity contribution is 0.405. The molecule has 0 aromatic carbocycles. The molecule has 0 aliphatic carbocycles. The van der Waals surface area contributed by atoms with Crippen LogP contribution in [0.15, 0.2) is 0 Å².